The van der Waals surface area contributed by atoms with E-state index in [-0.39, 0.29) is 6.09 Å². The molecular formula is C22H34N4O2. The van der Waals surface area contributed by atoms with Gasteiger partial charge in [0.1, 0.15) is 5.60 Å². The van der Waals surface area contributed by atoms with Gasteiger partial charge in [0.05, 0.1) is 11.0 Å². The summed E-state index contributed by atoms with van der Waals surface area (Å²) in [4.78, 5) is 21.6. The number of carbonyl (C=O) groups excluding carboxylic acids is 1. The lowest BCUT2D eigenvalue weighted by atomic mass is 10.2. The summed E-state index contributed by atoms with van der Waals surface area (Å²) >= 11 is 0. The van der Waals surface area contributed by atoms with Gasteiger partial charge < -0.3 is 19.1 Å². The van der Waals surface area contributed by atoms with E-state index < -0.39 is 5.60 Å². The molecule has 28 heavy (non-hydrogen) atoms. The SMILES string of the molecule is CCCCCn1c(N2CCCN(C(=O)OC(C)(C)C)CC2)nc2ccccc21. The first-order valence-electron chi connectivity index (χ1n) is 10.6. The second-order valence-electron chi connectivity index (χ2n) is 8.57. The largest absolute Gasteiger partial charge is 0.444 e. The lowest BCUT2D eigenvalue weighted by Crippen LogP contribution is -2.39. The zero-order chi connectivity index (χ0) is 20.1. The molecule has 6 heteroatoms. The molecule has 0 spiro atoms. The number of hydrogen-bond acceptors (Lipinski definition) is 4. The Morgan fingerprint density at radius 1 is 1.11 bits per heavy atom. The van der Waals surface area contributed by atoms with Gasteiger partial charge in [-0.15, -0.1) is 0 Å². The second kappa shape index (κ2) is 8.84. The summed E-state index contributed by atoms with van der Waals surface area (Å²) in [7, 11) is 0. The maximum Gasteiger partial charge on any atom is 0.410 e. The van der Waals surface area contributed by atoms with Gasteiger partial charge in [-0.05, 0) is 45.7 Å². The normalized spacial score (nSPS) is 15.7. The van der Waals surface area contributed by atoms with Crippen LogP contribution in [0.15, 0.2) is 24.3 Å². The molecule has 1 aromatic carbocycles. The summed E-state index contributed by atoms with van der Waals surface area (Å²) in [5, 5.41) is 0. The number of anilines is 1. The number of fused-ring (bicyclic) bond motifs is 1. The van der Waals surface area contributed by atoms with Crippen LogP contribution in [0.25, 0.3) is 11.0 Å². The van der Waals surface area contributed by atoms with Crippen LogP contribution < -0.4 is 4.90 Å². The second-order valence-corrected chi connectivity index (χ2v) is 8.57. The third-order valence-corrected chi connectivity index (χ3v) is 5.05. The Kier molecular flexibility index (Phi) is 6.47. The molecule has 0 saturated carbocycles. The standard InChI is InChI=1S/C22H34N4O2/c1-5-6-9-15-26-19-12-8-7-11-18(19)23-20(26)24-13-10-14-25(17-16-24)21(27)28-22(2,3)4/h7-8,11-12H,5-6,9-10,13-17H2,1-4H3. The number of ether oxygens (including phenoxy) is 1. The van der Waals surface area contributed by atoms with Crippen molar-refractivity contribution >= 4 is 23.1 Å². The van der Waals surface area contributed by atoms with Gasteiger partial charge in [-0.2, -0.15) is 0 Å². The van der Waals surface area contributed by atoms with E-state index in [1.807, 2.05) is 31.7 Å². The Morgan fingerprint density at radius 2 is 1.89 bits per heavy atom. The van der Waals surface area contributed by atoms with E-state index in [0.29, 0.717) is 6.54 Å². The number of para-hydroxylation sites is 2. The number of unbranched alkanes of at least 4 members (excludes halogenated alkanes) is 2. The van der Waals surface area contributed by atoms with Crippen molar-refractivity contribution < 1.29 is 9.53 Å². The summed E-state index contributed by atoms with van der Waals surface area (Å²) in [6.45, 7) is 12.0. The van der Waals surface area contributed by atoms with Gasteiger partial charge in [-0.1, -0.05) is 31.9 Å². The molecule has 0 bridgehead atoms. The zero-order valence-corrected chi connectivity index (χ0v) is 17.8. The maximum absolute atomic E-state index is 12.5. The lowest BCUT2D eigenvalue weighted by molar-refractivity contribution is 0.0263. The molecule has 1 aliphatic rings. The summed E-state index contributed by atoms with van der Waals surface area (Å²) in [5.74, 6) is 1.03. The number of aryl methyl sites for hydroxylation is 1. The molecule has 0 aliphatic carbocycles. The molecule has 2 aromatic rings. The molecule has 154 valence electrons. The zero-order valence-electron chi connectivity index (χ0n) is 17.8. The Hall–Kier alpha value is -2.24. The molecule has 0 radical (unpaired) electrons. The molecule has 3 rings (SSSR count). The molecule has 2 heterocycles. The van der Waals surface area contributed by atoms with E-state index in [9.17, 15) is 4.79 Å². The van der Waals surface area contributed by atoms with Crippen LogP contribution >= 0.6 is 0 Å². The molecule has 0 atom stereocenters. The molecule has 1 fully saturated rings. The highest BCUT2D eigenvalue weighted by Gasteiger charge is 2.26. The van der Waals surface area contributed by atoms with Gasteiger partial charge in [-0.25, -0.2) is 9.78 Å². The molecule has 1 amide bonds. The summed E-state index contributed by atoms with van der Waals surface area (Å²) in [6, 6.07) is 8.36. The number of aromatic nitrogens is 2. The number of amides is 1. The van der Waals surface area contributed by atoms with Crippen molar-refractivity contribution in [2.45, 2.75) is 65.5 Å². The number of rotatable bonds is 5. The fourth-order valence-corrected chi connectivity index (χ4v) is 3.67. The number of imidazole rings is 1. The topological polar surface area (TPSA) is 50.6 Å². The first-order valence-corrected chi connectivity index (χ1v) is 10.6. The molecule has 6 nitrogen and oxygen atoms in total. The van der Waals surface area contributed by atoms with Crippen molar-refractivity contribution in [3.8, 4) is 0 Å². The average Bonchev–Trinajstić information content (AvgIpc) is 2.83. The number of carbonyl (C=O) groups is 1. The van der Waals surface area contributed by atoms with Crippen LogP contribution in [0.3, 0.4) is 0 Å². The minimum Gasteiger partial charge on any atom is -0.444 e. The highest BCUT2D eigenvalue weighted by Crippen LogP contribution is 2.25. The average molecular weight is 387 g/mol. The predicted molar refractivity (Wildman–Crippen MR) is 114 cm³/mol. The van der Waals surface area contributed by atoms with Crippen LogP contribution in [-0.2, 0) is 11.3 Å². The van der Waals surface area contributed by atoms with Crippen LogP contribution in [0.5, 0.6) is 0 Å². The van der Waals surface area contributed by atoms with Crippen LogP contribution in [0.4, 0.5) is 10.7 Å². The highest BCUT2D eigenvalue weighted by atomic mass is 16.6. The van der Waals surface area contributed by atoms with Crippen molar-refractivity contribution in [3.05, 3.63) is 24.3 Å². The van der Waals surface area contributed by atoms with Crippen LogP contribution in [0.1, 0.15) is 53.4 Å². The third kappa shape index (κ3) is 4.97. The number of nitrogens with zero attached hydrogens (tertiary/aromatic N) is 4. The van der Waals surface area contributed by atoms with Gasteiger partial charge in [0.2, 0.25) is 5.95 Å². The minimum atomic E-state index is -0.462. The lowest BCUT2D eigenvalue weighted by Gasteiger charge is -2.26. The van der Waals surface area contributed by atoms with Crippen LogP contribution in [-0.4, -0.2) is 52.3 Å². The van der Waals surface area contributed by atoms with Crippen molar-refractivity contribution in [1.29, 1.82) is 0 Å². The van der Waals surface area contributed by atoms with E-state index in [2.05, 4.69) is 34.6 Å². The van der Waals surface area contributed by atoms with Crippen molar-refractivity contribution in [1.82, 2.24) is 14.5 Å². The Morgan fingerprint density at radius 3 is 2.64 bits per heavy atom. The Labute approximate surface area is 168 Å². The fourth-order valence-electron chi connectivity index (χ4n) is 3.67. The number of benzene rings is 1. The van der Waals surface area contributed by atoms with Crippen LogP contribution in [0.2, 0.25) is 0 Å². The van der Waals surface area contributed by atoms with E-state index in [1.54, 1.807) is 0 Å². The van der Waals surface area contributed by atoms with Crippen LogP contribution in [0, 0.1) is 0 Å². The van der Waals surface area contributed by atoms with Gasteiger partial charge in [0.15, 0.2) is 0 Å². The Bertz CT molecular complexity index is 793. The molecule has 1 saturated heterocycles. The molecular weight excluding hydrogens is 352 g/mol. The summed E-state index contributed by atoms with van der Waals surface area (Å²) < 4.78 is 7.91. The molecule has 0 N–H and O–H groups in total. The first-order chi connectivity index (χ1) is 13.4. The number of hydrogen-bond donors (Lipinski definition) is 0. The van der Waals surface area contributed by atoms with Crippen molar-refractivity contribution in [2.75, 3.05) is 31.1 Å². The molecule has 0 unspecified atom stereocenters. The van der Waals surface area contributed by atoms with Gasteiger partial charge >= 0.3 is 6.09 Å². The van der Waals surface area contributed by atoms with Gasteiger partial charge in [0.25, 0.3) is 0 Å². The van der Waals surface area contributed by atoms with Crippen molar-refractivity contribution in [2.24, 2.45) is 0 Å². The minimum absolute atomic E-state index is 0.217. The van der Waals surface area contributed by atoms with E-state index in [4.69, 9.17) is 9.72 Å². The van der Waals surface area contributed by atoms with E-state index in [1.165, 1.54) is 18.4 Å². The molecule has 1 aliphatic heterocycles. The van der Waals surface area contributed by atoms with E-state index in [0.717, 1.165) is 50.5 Å². The third-order valence-electron chi connectivity index (χ3n) is 5.05. The predicted octanol–water partition coefficient (Wildman–Crippen LogP) is 4.67. The summed E-state index contributed by atoms with van der Waals surface area (Å²) in [6.07, 6.45) is 4.28. The Balaban J connectivity index is 1.77. The quantitative estimate of drug-likeness (QED) is 0.701. The highest BCUT2D eigenvalue weighted by molar-refractivity contribution is 5.79. The van der Waals surface area contributed by atoms with E-state index >= 15 is 0 Å². The maximum atomic E-state index is 12.5. The van der Waals surface area contributed by atoms with Crippen molar-refractivity contribution in [3.63, 3.8) is 0 Å². The first kappa shape index (κ1) is 20.5. The molecule has 1 aromatic heterocycles. The monoisotopic (exact) mass is 386 g/mol. The summed E-state index contributed by atoms with van der Waals surface area (Å²) in [5.41, 5.74) is 1.78. The van der Waals surface area contributed by atoms with Gasteiger partial charge in [0, 0.05) is 32.7 Å². The smallest absolute Gasteiger partial charge is 0.410 e. The fraction of sp³-hybridized carbons (Fsp3) is 0.636. The van der Waals surface area contributed by atoms with Gasteiger partial charge in [-0.3, -0.25) is 0 Å².